The SMILES string of the molecule is CC(C)(C)OC(=O)N1C[C@H](Cc2ccccc2)CC1O. The summed E-state index contributed by atoms with van der Waals surface area (Å²) < 4.78 is 5.32. The van der Waals surface area contributed by atoms with Gasteiger partial charge in [0.05, 0.1) is 0 Å². The minimum Gasteiger partial charge on any atom is -0.444 e. The lowest BCUT2D eigenvalue weighted by Crippen LogP contribution is -2.39. The van der Waals surface area contributed by atoms with Crippen LogP contribution in [0.4, 0.5) is 4.79 Å². The predicted molar refractivity (Wildman–Crippen MR) is 77.2 cm³/mol. The second kappa shape index (κ2) is 5.83. The van der Waals surface area contributed by atoms with E-state index in [1.165, 1.54) is 10.5 Å². The molecule has 4 heteroatoms. The van der Waals surface area contributed by atoms with Crippen LogP contribution in [0.3, 0.4) is 0 Å². The van der Waals surface area contributed by atoms with Gasteiger partial charge in [0.2, 0.25) is 0 Å². The summed E-state index contributed by atoms with van der Waals surface area (Å²) in [7, 11) is 0. The van der Waals surface area contributed by atoms with Crippen LogP contribution in [0, 0.1) is 5.92 Å². The van der Waals surface area contributed by atoms with Crippen LogP contribution in [0.5, 0.6) is 0 Å². The average molecular weight is 277 g/mol. The molecule has 1 aromatic rings. The van der Waals surface area contributed by atoms with Gasteiger partial charge in [0.1, 0.15) is 11.8 Å². The number of hydrogen-bond acceptors (Lipinski definition) is 3. The van der Waals surface area contributed by atoms with Gasteiger partial charge >= 0.3 is 6.09 Å². The summed E-state index contributed by atoms with van der Waals surface area (Å²) in [5.74, 6) is 0.278. The summed E-state index contributed by atoms with van der Waals surface area (Å²) >= 11 is 0. The van der Waals surface area contributed by atoms with Crippen molar-refractivity contribution >= 4 is 6.09 Å². The van der Waals surface area contributed by atoms with Crippen LogP contribution in [-0.4, -0.2) is 34.5 Å². The molecule has 1 unspecified atom stereocenters. The zero-order chi connectivity index (χ0) is 14.8. The third-order valence-corrected chi connectivity index (χ3v) is 3.35. The first-order valence-electron chi connectivity index (χ1n) is 7.07. The van der Waals surface area contributed by atoms with Crippen molar-refractivity contribution in [3.8, 4) is 0 Å². The van der Waals surface area contributed by atoms with Crippen LogP contribution >= 0.6 is 0 Å². The molecular formula is C16H23NO3. The summed E-state index contributed by atoms with van der Waals surface area (Å²) in [6.07, 6.45) is 0.310. The van der Waals surface area contributed by atoms with E-state index >= 15 is 0 Å². The lowest BCUT2D eigenvalue weighted by molar-refractivity contribution is -0.0128. The Hall–Kier alpha value is -1.55. The molecule has 4 nitrogen and oxygen atoms in total. The average Bonchev–Trinajstić information content (AvgIpc) is 2.69. The van der Waals surface area contributed by atoms with Crippen molar-refractivity contribution in [1.82, 2.24) is 4.90 Å². The summed E-state index contributed by atoms with van der Waals surface area (Å²) in [4.78, 5) is 13.4. The highest BCUT2D eigenvalue weighted by atomic mass is 16.6. The van der Waals surface area contributed by atoms with Gasteiger partial charge in [-0.3, -0.25) is 4.90 Å². The van der Waals surface area contributed by atoms with Crippen molar-refractivity contribution in [3.05, 3.63) is 35.9 Å². The van der Waals surface area contributed by atoms with E-state index in [-0.39, 0.29) is 5.92 Å². The Morgan fingerprint density at radius 3 is 2.60 bits per heavy atom. The van der Waals surface area contributed by atoms with Crippen LogP contribution < -0.4 is 0 Å². The summed E-state index contributed by atoms with van der Waals surface area (Å²) in [5, 5.41) is 10.0. The van der Waals surface area contributed by atoms with Gasteiger partial charge in [-0.05, 0) is 45.1 Å². The highest BCUT2D eigenvalue weighted by Gasteiger charge is 2.36. The molecule has 0 aromatic heterocycles. The van der Waals surface area contributed by atoms with Crippen molar-refractivity contribution in [3.63, 3.8) is 0 Å². The number of hydrogen-bond donors (Lipinski definition) is 1. The molecule has 0 bridgehead atoms. The molecule has 20 heavy (non-hydrogen) atoms. The van der Waals surface area contributed by atoms with Crippen LogP contribution in [-0.2, 0) is 11.2 Å². The minimum atomic E-state index is -0.737. The lowest BCUT2D eigenvalue weighted by Gasteiger charge is -2.26. The number of aliphatic hydroxyl groups excluding tert-OH is 1. The van der Waals surface area contributed by atoms with Crippen molar-refractivity contribution in [2.75, 3.05) is 6.54 Å². The van der Waals surface area contributed by atoms with Gasteiger partial charge in [-0.15, -0.1) is 0 Å². The molecule has 1 amide bonds. The van der Waals surface area contributed by atoms with E-state index in [0.717, 1.165) is 6.42 Å². The standard InChI is InChI=1S/C16H23NO3/c1-16(2,3)20-15(19)17-11-13(10-14(17)18)9-12-7-5-4-6-8-12/h4-8,13-14,18H,9-11H2,1-3H3/t13-,14?/m1/s1. The predicted octanol–water partition coefficient (Wildman–Crippen LogP) is 2.80. The molecule has 1 saturated heterocycles. The number of likely N-dealkylation sites (tertiary alicyclic amines) is 1. The van der Waals surface area contributed by atoms with E-state index in [2.05, 4.69) is 12.1 Å². The monoisotopic (exact) mass is 277 g/mol. The van der Waals surface area contributed by atoms with Gasteiger partial charge in [0, 0.05) is 6.54 Å². The molecular weight excluding hydrogens is 254 g/mol. The van der Waals surface area contributed by atoms with Crippen molar-refractivity contribution in [1.29, 1.82) is 0 Å². The molecule has 1 aliphatic heterocycles. The Kier molecular flexibility index (Phi) is 4.33. The normalized spacial score (nSPS) is 22.9. The molecule has 1 heterocycles. The van der Waals surface area contributed by atoms with E-state index in [1.807, 2.05) is 39.0 Å². The molecule has 1 aromatic carbocycles. The number of nitrogens with zero attached hydrogens (tertiary/aromatic N) is 1. The van der Waals surface area contributed by atoms with Gasteiger partial charge in [0.15, 0.2) is 0 Å². The first-order valence-corrected chi connectivity index (χ1v) is 7.07. The molecule has 0 saturated carbocycles. The third kappa shape index (κ3) is 3.97. The summed E-state index contributed by atoms with van der Waals surface area (Å²) in [5.41, 5.74) is 0.699. The largest absolute Gasteiger partial charge is 0.444 e. The Morgan fingerprint density at radius 1 is 1.35 bits per heavy atom. The zero-order valence-electron chi connectivity index (χ0n) is 12.4. The van der Waals surface area contributed by atoms with Gasteiger partial charge in [-0.25, -0.2) is 4.79 Å². The van der Waals surface area contributed by atoms with Crippen molar-refractivity contribution in [2.24, 2.45) is 5.92 Å². The highest BCUT2D eigenvalue weighted by Crippen LogP contribution is 2.26. The number of aliphatic hydroxyl groups is 1. The second-order valence-corrected chi connectivity index (χ2v) is 6.40. The number of rotatable bonds is 2. The number of amides is 1. The van der Waals surface area contributed by atoms with E-state index in [0.29, 0.717) is 13.0 Å². The number of carbonyl (C=O) groups is 1. The van der Waals surface area contributed by atoms with Crippen molar-refractivity contribution in [2.45, 2.75) is 45.4 Å². The maximum Gasteiger partial charge on any atom is 0.412 e. The highest BCUT2D eigenvalue weighted by molar-refractivity contribution is 5.68. The van der Waals surface area contributed by atoms with E-state index < -0.39 is 17.9 Å². The Morgan fingerprint density at radius 2 is 2.00 bits per heavy atom. The van der Waals surface area contributed by atoms with Crippen LogP contribution in [0.25, 0.3) is 0 Å². The van der Waals surface area contributed by atoms with Gasteiger partial charge < -0.3 is 9.84 Å². The van der Waals surface area contributed by atoms with Crippen LogP contribution in [0.15, 0.2) is 30.3 Å². The third-order valence-electron chi connectivity index (χ3n) is 3.35. The Bertz CT molecular complexity index is 453. The number of carbonyl (C=O) groups excluding carboxylic acids is 1. The van der Waals surface area contributed by atoms with Crippen molar-refractivity contribution < 1.29 is 14.6 Å². The molecule has 2 atom stereocenters. The molecule has 1 aliphatic rings. The minimum absolute atomic E-state index is 0.278. The molecule has 1 N–H and O–H groups in total. The molecule has 2 rings (SSSR count). The first kappa shape index (κ1) is 14.9. The van der Waals surface area contributed by atoms with Gasteiger partial charge in [-0.1, -0.05) is 30.3 Å². The van der Waals surface area contributed by atoms with E-state index in [4.69, 9.17) is 4.74 Å². The fourth-order valence-corrected chi connectivity index (χ4v) is 2.51. The van der Waals surface area contributed by atoms with E-state index in [9.17, 15) is 9.90 Å². The summed E-state index contributed by atoms with van der Waals surface area (Å²) in [6.45, 7) is 6.03. The smallest absolute Gasteiger partial charge is 0.412 e. The zero-order valence-corrected chi connectivity index (χ0v) is 12.4. The summed E-state index contributed by atoms with van der Waals surface area (Å²) in [6, 6.07) is 10.1. The fourth-order valence-electron chi connectivity index (χ4n) is 2.51. The molecule has 0 aliphatic carbocycles. The Labute approximate surface area is 120 Å². The quantitative estimate of drug-likeness (QED) is 0.904. The maximum atomic E-state index is 12.0. The Balaban J connectivity index is 1.93. The topological polar surface area (TPSA) is 49.8 Å². The molecule has 0 radical (unpaired) electrons. The molecule has 0 spiro atoms. The first-order chi connectivity index (χ1) is 9.35. The van der Waals surface area contributed by atoms with E-state index in [1.54, 1.807) is 0 Å². The lowest BCUT2D eigenvalue weighted by atomic mass is 9.98. The maximum absolute atomic E-state index is 12.0. The number of benzene rings is 1. The second-order valence-electron chi connectivity index (χ2n) is 6.40. The molecule has 1 fully saturated rings. The van der Waals surface area contributed by atoms with Gasteiger partial charge in [-0.2, -0.15) is 0 Å². The van der Waals surface area contributed by atoms with Crippen LogP contribution in [0.2, 0.25) is 0 Å². The van der Waals surface area contributed by atoms with Gasteiger partial charge in [0.25, 0.3) is 0 Å². The fraction of sp³-hybridized carbons (Fsp3) is 0.562. The number of ether oxygens (including phenoxy) is 1. The molecule has 110 valence electrons. The van der Waals surface area contributed by atoms with Crippen LogP contribution in [0.1, 0.15) is 32.8 Å².